The van der Waals surface area contributed by atoms with Crippen LogP contribution in [-0.2, 0) is 17.4 Å². The number of ether oxygens (including phenoxy) is 3. The first-order valence-corrected chi connectivity index (χ1v) is 8.58. The highest BCUT2D eigenvalue weighted by atomic mass is 19.4. The molecule has 0 aliphatic carbocycles. The number of benzene rings is 2. The predicted octanol–water partition coefficient (Wildman–Crippen LogP) is 3.98. The summed E-state index contributed by atoms with van der Waals surface area (Å²) in [6.45, 7) is 0. The fourth-order valence-electron chi connectivity index (χ4n) is 2.82. The number of nitrogens with one attached hydrogen (secondary N) is 1. The molecule has 0 saturated carbocycles. The molecule has 6 nitrogen and oxygen atoms in total. The van der Waals surface area contributed by atoms with Gasteiger partial charge in [0, 0.05) is 14.1 Å². The molecule has 0 bridgehead atoms. The number of nitrogens with zero attached hydrogens (tertiary/aromatic N) is 1. The van der Waals surface area contributed by atoms with E-state index in [0.717, 1.165) is 12.1 Å². The number of carbonyl (C=O) groups is 1. The lowest BCUT2D eigenvalue weighted by Crippen LogP contribution is -2.19. The van der Waals surface area contributed by atoms with Gasteiger partial charge in [0.15, 0.2) is 11.5 Å². The van der Waals surface area contributed by atoms with Crippen LogP contribution >= 0.6 is 0 Å². The van der Waals surface area contributed by atoms with Crippen LogP contribution in [0, 0.1) is 0 Å². The van der Waals surface area contributed by atoms with Gasteiger partial charge in [0.25, 0.3) is 0 Å². The molecule has 9 heteroatoms. The summed E-state index contributed by atoms with van der Waals surface area (Å²) in [6, 6.07) is 6.43. The van der Waals surface area contributed by atoms with E-state index in [-0.39, 0.29) is 12.1 Å². The van der Waals surface area contributed by atoms with Gasteiger partial charge in [0.05, 0.1) is 44.7 Å². The Bertz CT molecular complexity index is 858. The van der Waals surface area contributed by atoms with E-state index in [1.165, 1.54) is 27.4 Å². The quantitative estimate of drug-likeness (QED) is 0.746. The molecule has 29 heavy (non-hydrogen) atoms. The van der Waals surface area contributed by atoms with Crippen molar-refractivity contribution in [3.8, 4) is 17.2 Å². The Morgan fingerprint density at radius 3 is 2.03 bits per heavy atom. The van der Waals surface area contributed by atoms with Gasteiger partial charge in [-0.2, -0.15) is 13.2 Å². The lowest BCUT2D eigenvalue weighted by Gasteiger charge is -2.20. The monoisotopic (exact) mass is 412 g/mol. The minimum Gasteiger partial charge on any atom is -0.493 e. The maximum atomic E-state index is 13.1. The molecule has 0 unspecified atom stereocenters. The van der Waals surface area contributed by atoms with E-state index >= 15 is 0 Å². The van der Waals surface area contributed by atoms with Crippen molar-refractivity contribution in [1.82, 2.24) is 0 Å². The number of alkyl halides is 3. The van der Waals surface area contributed by atoms with Crippen molar-refractivity contribution < 1.29 is 32.2 Å². The molecule has 2 aromatic rings. The number of hydrogen-bond acceptors (Lipinski definition) is 5. The van der Waals surface area contributed by atoms with Crippen LogP contribution in [0.5, 0.6) is 17.2 Å². The van der Waals surface area contributed by atoms with Gasteiger partial charge in [-0.25, -0.2) is 0 Å². The second kappa shape index (κ2) is 8.93. The van der Waals surface area contributed by atoms with Crippen molar-refractivity contribution in [2.45, 2.75) is 12.6 Å². The highest BCUT2D eigenvalue weighted by Crippen LogP contribution is 2.39. The number of anilines is 2. The molecule has 2 aromatic carbocycles. The van der Waals surface area contributed by atoms with Gasteiger partial charge in [-0.15, -0.1) is 0 Å². The van der Waals surface area contributed by atoms with Crippen LogP contribution < -0.4 is 24.4 Å². The first-order valence-electron chi connectivity index (χ1n) is 8.58. The molecule has 1 amide bonds. The third-order valence-corrected chi connectivity index (χ3v) is 4.17. The van der Waals surface area contributed by atoms with Crippen molar-refractivity contribution >= 4 is 17.3 Å². The van der Waals surface area contributed by atoms with E-state index < -0.39 is 17.6 Å². The molecular formula is C20H23F3N2O4. The van der Waals surface area contributed by atoms with E-state index in [9.17, 15) is 18.0 Å². The van der Waals surface area contributed by atoms with Crippen molar-refractivity contribution in [3.05, 3.63) is 41.5 Å². The van der Waals surface area contributed by atoms with E-state index in [2.05, 4.69) is 5.32 Å². The van der Waals surface area contributed by atoms with E-state index in [1.807, 2.05) is 0 Å². The molecule has 158 valence electrons. The standard InChI is InChI=1S/C20H23F3N2O4/c1-25(2)15-7-6-13(20(21,22)23)11-14(15)24-18(26)10-12-8-16(27-3)19(29-5)17(9-12)28-4/h6-9,11H,10H2,1-5H3,(H,24,26). The van der Waals surface area contributed by atoms with Gasteiger partial charge < -0.3 is 24.4 Å². The summed E-state index contributed by atoms with van der Waals surface area (Å²) in [7, 11) is 7.72. The summed E-state index contributed by atoms with van der Waals surface area (Å²) in [5, 5.41) is 2.56. The molecule has 0 aromatic heterocycles. The summed E-state index contributed by atoms with van der Waals surface area (Å²) in [6.07, 6.45) is -4.61. The number of carbonyl (C=O) groups excluding carboxylic acids is 1. The van der Waals surface area contributed by atoms with Gasteiger partial charge in [-0.3, -0.25) is 4.79 Å². The fourth-order valence-corrected chi connectivity index (χ4v) is 2.82. The minimum absolute atomic E-state index is 0.0715. The van der Waals surface area contributed by atoms with Crippen LogP contribution in [0.3, 0.4) is 0 Å². The summed E-state index contributed by atoms with van der Waals surface area (Å²) in [4.78, 5) is 14.2. The molecule has 0 aliphatic rings. The molecule has 0 fully saturated rings. The van der Waals surface area contributed by atoms with Crippen molar-refractivity contribution in [1.29, 1.82) is 0 Å². The molecule has 0 heterocycles. The summed E-state index contributed by atoms with van der Waals surface area (Å²) >= 11 is 0. The Balaban J connectivity index is 2.31. The number of rotatable bonds is 7. The Kier molecular flexibility index (Phi) is 6.84. The van der Waals surface area contributed by atoms with Gasteiger partial charge in [0.1, 0.15) is 0 Å². The van der Waals surface area contributed by atoms with Gasteiger partial charge in [-0.05, 0) is 35.9 Å². The Labute approximate surface area is 167 Å². The van der Waals surface area contributed by atoms with Crippen LogP contribution in [0.1, 0.15) is 11.1 Å². The topological polar surface area (TPSA) is 60.0 Å². The third-order valence-electron chi connectivity index (χ3n) is 4.17. The Morgan fingerprint density at radius 2 is 1.59 bits per heavy atom. The smallest absolute Gasteiger partial charge is 0.416 e. The number of hydrogen-bond donors (Lipinski definition) is 1. The molecular weight excluding hydrogens is 389 g/mol. The maximum Gasteiger partial charge on any atom is 0.416 e. The third kappa shape index (κ3) is 5.24. The largest absolute Gasteiger partial charge is 0.493 e. The van der Waals surface area contributed by atoms with Crippen LogP contribution in [0.2, 0.25) is 0 Å². The van der Waals surface area contributed by atoms with Gasteiger partial charge in [0.2, 0.25) is 11.7 Å². The van der Waals surface area contributed by atoms with Crippen molar-refractivity contribution in [2.24, 2.45) is 0 Å². The zero-order valence-electron chi connectivity index (χ0n) is 16.8. The first-order chi connectivity index (χ1) is 13.6. The lowest BCUT2D eigenvalue weighted by atomic mass is 10.1. The molecule has 2 rings (SSSR count). The summed E-state index contributed by atoms with van der Waals surface area (Å²) in [5.41, 5.74) is 0.236. The lowest BCUT2D eigenvalue weighted by molar-refractivity contribution is -0.137. The zero-order chi connectivity index (χ0) is 21.8. The van der Waals surface area contributed by atoms with Gasteiger partial charge in [-0.1, -0.05) is 0 Å². The van der Waals surface area contributed by atoms with Crippen molar-refractivity contribution in [2.75, 3.05) is 45.6 Å². The van der Waals surface area contributed by atoms with Crippen LogP contribution in [0.15, 0.2) is 30.3 Å². The summed E-state index contributed by atoms with van der Waals surface area (Å²) < 4.78 is 54.9. The first kappa shape index (κ1) is 22.2. The SMILES string of the molecule is COc1cc(CC(=O)Nc2cc(C(F)(F)F)ccc2N(C)C)cc(OC)c1OC. The second-order valence-electron chi connectivity index (χ2n) is 6.38. The molecule has 0 aliphatic heterocycles. The van der Waals surface area contributed by atoms with Crippen molar-refractivity contribution in [3.63, 3.8) is 0 Å². The Hall–Kier alpha value is -3.10. The van der Waals surface area contributed by atoms with E-state index in [0.29, 0.717) is 28.5 Å². The molecule has 1 N–H and O–H groups in total. The Morgan fingerprint density at radius 1 is 1.00 bits per heavy atom. The second-order valence-corrected chi connectivity index (χ2v) is 6.38. The van der Waals surface area contributed by atoms with Crippen LogP contribution in [0.4, 0.5) is 24.5 Å². The van der Waals surface area contributed by atoms with E-state index in [1.54, 1.807) is 31.1 Å². The molecule has 0 radical (unpaired) electrons. The minimum atomic E-state index is -4.51. The van der Waals surface area contributed by atoms with Crippen LogP contribution in [-0.4, -0.2) is 41.3 Å². The normalized spacial score (nSPS) is 11.0. The summed E-state index contributed by atoms with van der Waals surface area (Å²) in [5.74, 6) is 0.652. The van der Waals surface area contributed by atoms with E-state index in [4.69, 9.17) is 14.2 Å². The number of methoxy groups -OCH3 is 3. The average molecular weight is 412 g/mol. The number of halogens is 3. The maximum absolute atomic E-state index is 13.1. The predicted molar refractivity (Wildman–Crippen MR) is 104 cm³/mol. The molecule has 0 saturated heterocycles. The number of amides is 1. The average Bonchev–Trinajstić information content (AvgIpc) is 2.65. The molecule has 0 atom stereocenters. The highest BCUT2D eigenvalue weighted by Gasteiger charge is 2.31. The highest BCUT2D eigenvalue weighted by molar-refractivity contribution is 5.96. The van der Waals surface area contributed by atoms with Gasteiger partial charge >= 0.3 is 6.18 Å². The molecule has 0 spiro atoms. The van der Waals surface area contributed by atoms with Crippen LogP contribution in [0.25, 0.3) is 0 Å². The zero-order valence-corrected chi connectivity index (χ0v) is 16.8. The fraction of sp³-hybridized carbons (Fsp3) is 0.350.